The van der Waals surface area contributed by atoms with E-state index < -0.39 is 0 Å². The van der Waals surface area contributed by atoms with Crippen molar-refractivity contribution in [2.45, 2.75) is 53.9 Å². The summed E-state index contributed by atoms with van der Waals surface area (Å²) in [6.45, 7) is 13.6. The molecule has 3 heteroatoms. The molecular formula is C21H29ClFN. The Labute approximate surface area is 151 Å². The van der Waals surface area contributed by atoms with Crippen LogP contribution in [0.5, 0.6) is 0 Å². The molecule has 0 aliphatic heterocycles. The van der Waals surface area contributed by atoms with Crippen LogP contribution in [0.25, 0.3) is 0 Å². The van der Waals surface area contributed by atoms with Gasteiger partial charge in [0.05, 0.1) is 0 Å². The molecular weight excluding hydrogens is 321 g/mol. The Bertz CT molecular complexity index is 604. The number of benzene rings is 1. The van der Waals surface area contributed by atoms with E-state index in [0.29, 0.717) is 0 Å². The van der Waals surface area contributed by atoms with Crippen molar-refractivity contribution in [1.82, 2.24) is 0 Å². The zero-order valence-corrected chi connectivity index (χ0v) is 16.3. The lowest BCUT2D eigenvalue weighted by molar-refractivity contribution is 0.625. The summed E-state index contributed by atoms with van der Waals surface area (Å²) in [5.74, 6) is -0.133. The Hall–Kier alpha value is -1.67. The van der Waals surface area contributed by atoms with Gasteiger partial charge in [-0.1, -0.05) is 56.7 Å². The van der Waals surface area contributed by atoms with Crippen LogP contribution in [0.15, 0.2) is 64.3 Å². The smallest absolute Gasteiger partial charge is 0.123 e. The second-order valence-corrected chi connectivity index (χ2v) is 5.92. The maximum atomic E-state index is 12.5. The standard InChI is InChI=1S/C12H18ClN.C9H11F/c1-6-11(7-2)12(9(4)13)10(5)14-8-3;1-2-4-8-5-3-6-9(10)7-8/h6,8H,3,7H2,1-2,4-5H3;3,5-7H,2,4H2,1H3/b11-6-,12-9-,14-10?;. The van der Waals surface area contributed by atoms with E-state index >= 15 is 0 Å². The highest BCUT2D eigenvalue weighted by Gasteiger charge is 2.08. The van der Waals surface area contributed by atoms with Gasteiger partial charge < -0.3 is 0 Å². The van der Waals surface area contributed by atoms with Crippen LogP contribution in [0, 0.1) is 5.82 Å². The number of aliphatic imine (C=N–C) groups is 1. The highest BCUT2D eigenvalue weighted by molar-refractivity contribution is 6.32. The fraction of sp³-hybridized carbons (Fsp3) is 0.381. The van der Waals surface area contributed by atoms with Gasteiger partial charge in [-0.3, -0.25) is 4.99 Å². The van der Waals surface area contributed by atoms with Gasteiger partial charge in [0.25, 0.3) is 0 Å². The third-order valence-corrected chi connectivity index (χ3v) is 3.66. The van der Waals surface area contributed by atoms with Crippen LogP contribution in [0.2, 0.25) is 0 Å². The number of aryl methyl sites for hydroxylation is 1. The summed E-state index contributed by atoms with van der Waals surface area (Å²) in [4.78, 5) is 4.16. The number of rotatable bonds is 6. The quantitative estimate of drug-likeness (QED) is 0.379. The first-order valence-electron chi connectivity index (χ1n) is 8.33. The molecule has 132 valence electrons. The van der Waals surface area contributed by atoms with E-state index in [4.69, 9.17) is 11.6 Å². The predicted octanol–water partition coefficient (Wildman–Crippen LogP) is 7.24. The van der Waals surface area contributed by atoms with Crippen molar-refractivity contribution in [3.05, 3.63) is 70.7 Å². The maximum Gasteiger partial charge on any atom is 0.123 e. The molecule has 1 nitrogen and oxygen atoms in total. The highest BCUT2D eigenvalue weighted by atomic mass is 35.5. The fourth-order valence-electron chi connectivity index (χ4n) is 2.41. The zero-order valence-electron chi connectivity index (χ0n) is 15.5. The van der Waals surface area contributed by atoms with Crippen LogP contribution in [0.4, 0.5) is 4.39 Å². The Balaban J connectivity index is 0.000000463. The van der Waals surface area contributed by atoms with Crippen molar-refractivity contribution >= 4 is 17.3 Å². The minimum Gasteiger partial charge on any atom is -0.262 e. The number of hydrogen-bond donors (Lipinski definition) is 0. The summed E-state index contributed by atoms with van der Waals surface area (Å²) in [6.07, 6.45) is 6.61. The number of hydrogen-bond acceptors (Lipinski definition) is 1. The molecule has 0 spiro atoms. The third-order valence-electron chi connectivity index (χ3n) is 3.47. The molecule has 24 heavy (non-hydrogen) atoms. The fourth-order valence-corrected chi connectivity index (χ4v) is 2.67. The second kappa shape index (κ2) is 12.7. The molecule has 0 atom stereocenters. The zero-order chi connectivity index (χ0) is 18.5. The average Bonchev–Trinajstić information content (AvgIpc) is 2.53. The Morgan fingerprint density at radius 2 is 1.96 bits per heavy atom. The minimum absolute atomic E-state index is 0.133. The lowest BCUT2D eigenvalue weighted by Crippen LogP contribution is -2.01. The van der Waals surface area contributed by atoms with Crippen LogP contribution in [-0.4, -0.2) is 5.71 Å². The normalized spacial score (nSPS) is 13.0. The SMILES string of the molecule is C=CN=C(C)C(/C(=C\C)CC)=C(\C)Cl.CCCc1cccc(F)c1. The molecule has 1 aromatic carbocycles. The Kier molecular flexibility index (Phi) is 11.8. The molecule has 0 fully saturated rings. The monoisotopic (exact) mass is 349 g/mol. The highest BCUT2D eigenvalue weighted by Crippen LogP contribution is 2.22. The lowest BCUT2D eigenvalue weighted by atomic mass is 9.99. The van der Waals surface area contributed by atoms with Gasteiger partial charge in [0.1, 0.15) is 5.82 Å². The van der Waals surface area contributed by atoms with Gasteiger partial charge in [-0.05, 0) is 56.9 Å². The topological polar surface area (TPSA) is 12.4 Å². The molecule has 0 aliphatic carbocycles. The van der Waals surface area contributed by atoms with Crippen molar-refractivity contribution in [1.29, 1.82) is 0 Å². The number of allylic oxidation sites excluding steroid dienone is 4. The molecule has 0 N–H and O–H groups in total. The van der Waals surface area contributed by atoms with Gasteiger partial charge in [-0.15, -0.1) is 0 Å². The largest absolute Gasteiger partial charge is 0.262 e. The lowest BCUT2D eigenvalue weighted by Gasteiger charge is -2.10. The van der Waals surface area contributed by atoms with Crippen LogP contribution in [-0.2, 0) is 6.42 Å². The van der Waals surface area contributed by atoms with E-state index in [0.717, 1.165) is 41.1 Å². The molecule has 0 heterocycles. The molecule has 0 radical (unpaired) electrons. The van der Waals surface area contributed by atoms with Gasteiger partial charge >= 0.3 is 0 Å². The van der Waals surface area contributed by atoms with Crippen LogP contribution < -0.4 is 0 Å². The second-order valence-electron chi connectivity index (χ2n) is 5.35. The van der Waals surface area contributed by atoms with Gasteiger partial charge in [0.2, 0.25) is 0 Å². The third kappa shape index (κ3) is 8.26. The first-order chi connectivity index (χ1) is 11.4. The van der Waals surface area contributed by atoms with Crippen molar-refractivity contribution in [2.24, 2.45) is 4.99 Å². The Morgan fingerprint density at radius 1 is 1.29 bits per heavy atom. The maximum absolute atomic E-state index is 12.5. The summed E-state index contributed by atoms with van der Waals surface area (Å²) in [7, 11) is 0. The van der Waals surface area contributed by atoms with Gasteiger partial charge in [-0.25, -0.2) is 4.39 Å². The molecule has 0 aromatic heterocycles. The molecule has 0 unspecified atom stereocenters. The van der Waals surface area contributed by atoms with Crippen molar-refractivity contribution < 1.29 is 4.39 Å². The van der Waals surface area contributed by atoms with E-state index in [-0.39, 0.29) is 5.82 Å². The van der Waals surface area contributed by atoms with Crippen molar-refractivity contribution in [3.63, 3.8) is 0 Å². The molecule has 1 aromatic rings. The number of nitrogens with zero attached hydrogens (tertiary/aromatic N) is 1. The summed E-state index contributed by atoms with van der Waals surface area (Å²) in [6, 6.07) is 6.76. The van der Waals surface area contributed by atoms with Gasteiger partial charge in [-0.2, -0.15) is 0 Å². The summed E-state index contributed by atoms with van der Waals surface area (Å²) in [5.41, 5.74) is 4.27. The van der Waals surface area contributed by atoms with E-state index in [9.17, 15) is 4.39 Å². The van der Waals surface area contributed by atoms with E-state index in [1.54, 1.807) is 12.1 Å². The van der Waals surface area contributed by atoms with Crippen LogP contribution >= 0.6 is 11.6 Å². The van der Waals surface area contributed by atoms with E-state index in [1.807, 2.05) is 26.8 Å². The average molecular weight is 350 g/mol. The molecule has 0 aliphatic rings. The van der Waals surface area contributed by atoms with Crippen molar-refractivity contribution in [2.75, 3.05) is 0 Å². The number of halogens is 2. The summed E-state index contributed by atoms with van der Waals surface area (Å²) in [5, 5.41) is 0.781. The molecule has 0 amide bonds. The summed E-state index contributed by atoms with van der Waals surface area (Å²) < 4.78 is 12.5. The molecule has 0 saturated heterocycles. The summed E-state index contributed by atoms with van der Waals surface area (Å²) >= 11 is 6.05. The van der Waals surface area contributed by atoms with E-state index in [1.165, 1.54) is 17.8 Å². The first kappa shape index (κ1) is 22.3. The van der Waals surface area contributed by atoms with Gasteiger partial charge in [0, 0.05) is 22.5 Å². The molecule has 0 bridgehead atoms. The van der Waals surface area contributed by atoms with Crippen molar-refractivity contribution in [3.8, 4) is 0 Å². The minimum atomic E-state index is -0.133. The first-order valence-corrected chi connectivity index (χ1v) is 8.70. The predicted molar refractivity (Wildman–Crippen MR) is 106 cm³/mol. The van der Waals surface area contributed by atoms with E-state index in [2.05, 4.69) is 31.5 Å². The van der Waals surface area contributed by atoms with Crippen LogP contribution in [0.1, 0.15) is 53.0 Å². The Morgan fingerprint density at radius 3 is 2.38 bits per heavy atom. The molecule has 0 saturated carbocycles. The van der Waals surface area contributed by atoms with Gasteiger partial charge in [0.15, 0.2) is 0 Å². The molecule has 1 rings (SSSR count). The van der Waals surface area contributed by atoms with Crippen LogP contribution in [0.3, 0.4) is 0 Å².